The third kappa shape index (κ3) is 4.47. The number of benzene rings is 1. The van der Waals surface area contributed by atoms with Crippen LogP contribution < -0.4 is 0 Å². The van der Waals surface area contributed by atoms with Crippen LogP contribution in [0.4, 0.5) is 13.2 Å². The second-order valence-electron chi connectivity index (χ2n) is 4.71. The highest BCUT2D eigenvalue weighted by Gasteiger charge is 2.23. The summed E-state index contributed by atoms with van der Waals surface area (Å²) in [4.78, 5) is 23.9. The van der Waals surface area contributed by atoms with E-state index in [4.69, 9.17) is 5.11 Å². The van der Waals surface area contributed by atoms with Crippen LogP contribution in [0.25, 0.3) is 0 Å². The fraction of sp³-hybridized carbons (Fsp3) is 0.429. The number of aliphatic carboxylic acids is 1. The summed E-state index contributed by atoms with van der Waals surface area (Å²) in [7, 11) is 0. The molecule has 4 nitrogen and oxygen atoms in total. The minimum atomic E-state index is -1.34. The van der Waals surface area contributed by atoms with Gasteiger partial charge in [0.05, 0.1) is 6.42 Å². The zero-order valence-electron chi connectivity index (χ0n) is 11.7. The molecule has 0 saturated heterocycles. The first-order chi connectivity index (χ1) is 9.76. The van der Waals surface area contributed by atoms with E-state index in [1.165, 1.54) is 0 Å². The minimum Gasteiger partial charge on any atom is -0.480 e. The highest BCUT2D eigenvalue weighted by atomic mass is 19.2. The van der Waals surface area contributed by atoms with E-state index in [0.717, 1.165) is 4.90 Å². The van der Waals surface area contributed by atoms with Crippen molar-refractivity contribution in [3.63, 3.8) is 0 Å². The Hall–Kier alpha value is -2.05. The largest absolute Gasteiger partial charge is 0.480 e. The van der Waals surface area contributed by atoms with Crippen LogP contribution in [0, 0.1) is 17.5 Å². The number of carbonyl (C=O) groups excluding carboxylic acids is 1. The number of nitrogens with zero attached hydrogens (tertiary/aromatic N) is 1. The molecule has 1 rings (SSSR count). The first kappa shape index (κ1) is 17.0. The van der Waals surface area contributed by atoms with Gasteiger partial charge in [-0.2, -0.15) is 0 Å². The van der Waals surface area contributed by atoms with E-state index in [1.807, 2.05) is 0 Å². The number of hydrogen-bond acceptors (Lipinski definition) is 2. The maximum absolute atomic E-state index is 13.5. The van der Waals surface area contributed by atoms with Gasteiger partial charge in [-0.3, -0.25) is 9.59 Å². The van der Waals surface area contributed by atoms with Gasteiger partial charge >= 0.3 is 5.97 Å². The van der Waals surface area contributed by atoms with E-state index < -0.39 is 42.3 Å². The Morgan fingerprint density at radius 2 is 1.76 bits per heavy atom. The number of halogens is 3. The zero-order valence-corrected chi connectivity index (χ0v) is 11.7. The molecule has 0 bridgehead atoms. The summed E-state index contributed by atoms with van der Waals surface area (Å²) in [6.45, 7) is 2.90. The van der Waals surface area contributed by atoms with Crippen molar-refractivity contribution in [1.29, 1.82) is 0 Å². The van der Waals surface area contributed by atoms with Crippen molar-refractivity contribution < 1.29 is 27.9 Å². The number of rotatable bonds is 6. The molecule has 0 saturated carbocycles. The van der Waals surface area contributed by atoms with Crippen LogP contribution in [0.3, 0.4) is 0 Å². The van der Waals surface area contributed by atoms with Crippen LogP contribution in [0.2, 0.25) is 0 Å². The number of carboxylic acid groups (broad SMARTS) is 1. The van der Waals surface area contributed by atoms with E-state index >= 15 is 0 Å². The Kier molecular flexibility index (Phi) is 5.75. The Balaban J connectivity index is 2.96. The summed E-state index contributed by atoms with van der Waals surface area (Å²) in [5, 5.41) is 8.80. The standard InChI is InChI=1S/C14H16F3NO3/c1-3-8(2)18(7-14(20)21)13(19)5-9-4-11(16)12(17)6-10(9)15/h4,6,8H,3,5,7H2,1-2H3,(H,20,21)/t8-/m0/s1. The van der Waals surface area contributed by atoms with Crippen molar-refractivity contribution in [3.05, 3.63) is 35.1 Å². The molecule has 0 radical (unpaired) electrons. The van der Waals surface area contributed by atoms with E-state index in [-0.39, 0.29) is 11.6 Å². The summed E-state index contributed by atoms with van der Waals surface area (Å²) < 4.78 is 39.4. The zero-order chi connectivity index (χ0) is 16.2. The molecule has 1 amide bonds. The van der Waals surface area contributed by atoms with Gasteiger partial charge in [0, 0.05) is 17.7 Å². The average Bonchev–Trinajstić information content (AvgIpc) is 2.41. The van der Waals surface area contributed by atoms with Crippen LogP contribution in [-0.4, -0.2) is 34.5 Å². The van der Waals surface area contributed by atoms with E-state index in [9.17, 15) is 22.8 Å². The van der Waals surface area contributed by atoms with Crippen LogP contribution in [-0.2, 0) is 16.0 Å². The van der Waals surface area contributed by atoms with E-state index in [1.54, 1.807) is 13.8 Å². The van der Waals surface area contributed by atoms with Crippen molar-refractivity contribution in [2.24, 2.45) is 0 Å². The topological polar surface area (TPSA) is 57.6 Å². The third-order valence-corrected chi connectivity index (χ3v) is 3.18. The van der Waals surface area contributed by atoms with Gasteiger partial charge in [0.2, 0.25) is 5.91 Å². The highest BCUT2D eigenvalue weighted by Crippen LogP contribution is 2.16. The Morgan fingerprint density at radius 1 is 1.19 bits per heavy atom. The minimum absolute atomic E-state index is 0.308. The third-order valence-electron chi connectivity index (χ3n) is 3.18. The fourth-order valence-corrected chi connectivity index (χ4v) is 1.82. The van der Waals surface area contributed by atoms with Gasteiger partial charge in [-0.05, 0) is 19.4 Å². The molecule has 1 aromatic carbocycles. The number of carbonyl (C=O) groups is 2. The van der Waals surface area contributed by atoms with Crippen molar-refractivity contribution >= 4 is 11.9 Å². The molecule has 0 aliphatic carbocycles. The fourth-order valence-electron chi connectivity index (χ4n) is 1.82. The first-order valence-corrected chi connectivity index (χ1v) is 6.40. The Bertz CT molecular complexity index is 549. The van der Waals surface area contributed by atoms with Crippen LogP contribution >= 0.6 is 0 Å². The monoisotopic (exact) mass is 303 g/mol. The van der Waals surface area contributed by atoms with Gasteiger partial charge in [0.25, 0.3) is 0 Å². The number of hydrogen-bond donors (Lipinski definition) is 1. The molecule has 0 fully saturated rings. The average molecular weight is 303 g/mol. The molecule has 116 valence electrons. The van der Waals surface area contributed by atoms with E-state index in [2.05, 4.69) is 0 Å². The molecule has 0 aliphatic rings. The van der Waals surface area contributed by atoms with Gasteiger partial charge in [-0.25, -0.2) is 13.2 Å². The summed E-state index contributed by atoms with van der Waals surface area (Å²) in [5.41, 5.74) is -0.308. The quantitative estimate of drug-likeness (QED) is 0.821. The number of amides is 1. The normalized spacial score (nSPS) is 12.0. The molecule has 0 aliphatic heterocycles. The summed E-state index contributed by atoms with van der Waals surface area (Å²) in [5.74, 6) is -5.49. The number of carboxylic acids is 1. The molecular weight excluding hydrogens is 287 g/mol. The molecule has 0 aromatic heterocycles. The highest BCUT2D eigenvalue weighted by molar-refractivity contribution is 5.83. The lowest BCUT2D eigenvalue weighted by atomic mass is 10.1. The van der Waals surface area contributed by atoms with Crippen molar-refractivity contribution in [1.82, 2.24) is 4.90 Å². The molecule has 0 spiro atoms. The molecule has 7 heteroatoms. The molecule has 1 atom stereocenters. The first-order valence-electron chi connectivity index (χ1n) is 6.40. The Morgan fingerprint density at radius 3 is 2.29 bits per heavy atom. The molecule has 0 heterocycles. The lowest BCUT2D eigenvalue weighted by Crippen LogP contribution is -2.42. The molecule has 0 unspecified atom stereocenters. The lowest BCUT2D eigenvalue weighted by Gasteiger charge is -2.27. The van der Waals surface area contributed by atoms with Crippen LogP contribution in [0.1, 0.15) is 25.8 Å². The predicted molar refractivity (Wildman–Crippen MR) is 69.1 cm³/mol. The molecular formula is C14H16F3NO3. The molecule has 1 aromatic rings. The van der Waals surface area contributed by atoms with Crippen molar-refractivity contribution in [2.45, 2.75) is 32.7 Å². The maximum Gasteiger partial charge on any atom is 0.323 e. The van der Waals surface area contributed by atoms with Gasteiger partial charge in [0.1, 0.15) is 12.4 Å². The smallest absolute Gasteiger partial charge is 0.323 e. The SMILES string of the molecule is CC[C@H](C)N(CC(=O)O)C(=O)Cc1cc(F)c(F)cc1F. The van der Waals surface area contributed by atoms with Crippen LogP contribution in [0.5, 0.6) is 0 Å². The predicted octanol–water partition coefficient (Wildman–Crippen LogP) is 2.36. The van der Waals surface area contributed by atoms with Gasteiger partial charge in [-0.15, -0.1) is 0 Å². The van der Waals surface area contributed by atoms with Crippen molar-refractivity contribution in [3.8, 4) is 0 Å². The van der Waals surface area contributed by atoms with Gasteiger partial charge < -0.3 is 10.0 Å². The van der Waals surface area contributed by atoms with Gasteiger partial charge in [-0.1, -0.05) is 6.92 Å². The maximum atomic E-state index is 13.5. The summed E-state index contributed by atoms with van der Waals surface area (Å²) in [6.07, 6.45) is -0.0140. The summed E-state index contributed by atoms with van der Waals surface area (Å²) >= 11 is 0. The van der Waals surface area contributed by atoms with E-state index in [0.29, 0.717) is 18.6 Å². The second-order valence-corrected chi connectivity index (χ2v) is 4.71. The summed E-state index contributed by atoms with van der Waals surface area (Å²) in [6, 6.07) is 0.614. The molecule has 1 N–H and O–H groups in total. The van der Waals surface area contributed by atoms with Crippen molar-refractivity contribution in [2.75, 3.05) is 6.54 Å². The second kappa shape index (κ2) is 7.10. The van der Waals surface area contributed by atoms with Gasteiger partial charge in [0.15, 0.2) is 11.6 Å². The lowest BCUT2D eigenvalue weighted by molar-refractivity contribution is -0.145. The molecule has 21 heavy (non-hydrogen) atoms. The van der Waals surface area contributed by atoms with Crippen LogP contribution in [0.15, 0.2) is 12.1 Å². The Labute approximate surface area is 120 Å².